The smallest absolute Gasteiger partial charge is 0.336 e. The number of aliphatic hydroxyl groups excluding tert-OH is 1. The molecule has 5 heterocycles. The number of hydrogen-bond donors (Lipinski definition) is 2. The van der Waals surface area contributed by atoms with Crippen LogP contribution in [0.4, 0.5) is 5.69 Å². The number of benzene rings is 2. The Kier molecular flexibility index (Phi) is 8.86. The molecule has 1 atom stereocenters. The molecule has 3 aliphatic heterocycles. The van der Waals surface area contributed by atoms with Crippen LogP contribution in [0.2, 0.25) is 0 Å². The molecule has 1 unspecified atom stereocenters. The first kappa shape index (κ1) is 33.6. The van der Waals surface area contributed by atoms with Gasteiger partial charge in [0, 0.05) is 34.1 Å². The van der Waals surface area contributed by atoms with E-state index in [-0.39, 0.29) is 43.9 Å². The maximum atomic E-state index is 13.7. The molecule has 7 rings (SSSR count). The molecule has 2 aromatic heterocycles. The molecular formula is C39H36N4O8. The highest BCUT2D eigenvalue weighted by molar-refractivity contribution is 6.03. The summed E-state index contributed by atoms with van der Waals surface area (Å²) < 4.78 is 17.6. The Morgan fingerprint density at radius 1 is 1.00 bits per heavy atom. The topological polar surface area (TPSA) is 158 Å². The second-order valence-electron chi connectivity index (χ2n) is 12.5. The summed E-state index contributed by atoms with van der Waals surface area (Å²) in [5.74, 6) is -2.40. The molecule has 2 aromatic carbocycles. The summed E-state index contributed by atoms with van der Waals surface area (Å²) in [6, 6.07) is 16.6. The van der Waals surface area contributed by atoms with Crippen molar-refractivity contribution in [3.8, 4) is 11.4 Å². The zero-order valence-corrected chi connectivity index (χ0v) is 28.6. The van der Waals surface area contributed by atoms with Gasteiger partial charge in [-0.2, -0.15) is 0 Å². The second kappa shape index (κ2) is 13.4. The summed E-state index contributed by atoms with van der Waals surface area (Å²) in [7, 11) is 0. The van der Waals surface area contributed by atoms with E-state index in [2.05, 4.69) is 5.32 Å². The minimum absolute atomic E-state index is 0.168. The lowest BCUT2D eigenvalue weighted by atomic mass is 9.80. The van der Waals surface area contributed by atoms with E-state index in [9.17, 15) is 24.3 Å². The molecule has 2 N–H and O–H groups in total. The second-order valence-corrected chi connectivity index (χ2v) is 12.5. The third kappa shape index (κ3) is 5.91. The summed E-state index contributed by atoms with van der Waals surface area (Å²) in [6.45, 7) is 7.33. The fraction of sp³-hybridized carbons (Fsp3) is 0.282. The quantitative estimate of drug-likeness (QED) is 0.135. The minimum atomic E-state index is -1.17. The molecule has 0 radical (unpaired) electrons. The Morgan fingerprint density at radius 2 is 1.71 bits per heavy atom. The van der Waals surface area contributed by atoms with Crippen LogP contribution in [0.5, 0.6) is 0 Å². The zero-order valence-electron chi connectivity index (χ0n) is 28.6. The first-order chi connectivity index (χ1) is 24.6. The third-order valence-electron chi connectivity index (χ3n) is 9.42. The lowest BCUT2D eigenvalue weighted by Crippen LogP contribution is -2.32. The van der Waals surface area contributed by atoms with Crippen molar-refractivity contribution in [2.24, 2.45) is 4.99 Å². The van der Waals surface area contributed by atoms with Gasteiger partial charge in [-0.1, -0.05) is 30.3 Å². The van der Waals surface area contributed by atoms with Crippen LogP contribution in [-0.2, 0) is 41.7 Å². The van der Waals surface area contributed by atoms with Gasteiger partial charge < -0.3 is 29.2 Å². The first-order valence-corrected chi connectivity index (χ1v) is 16.8. The molecular weight excluding hydrogens is 652 g/mol. The van der Waals surface area contributed by atoms with Crippen molar-refractivity contribution in [2.75, 3.05) is 13.2 Å². The van der Waals surface area contributed by atoms with Crippen LogP contribution in [0, 0.1) is 0 Å². The van der Waals surface area contributed by atoms with Crippen LogP contribution in [0.3, 0.4) is 0 Å². The number of pyridine rings is 2. The molecule has 0 saturated heterocycles. The summed E-state index contributed by atoms with van der Waals surface area (Å²) >= 11 is 0. The number of fused-ring (bicyclic) bond motifs is 5. The highest BCUT2D eigenvalue weighted by atomic mass is 16.5. The largest absolute Gasteiger partial charge is 0.463 e. The molecule has 0 saturated carbocycles. The van der Waals surface area contributed by atoms with E-state index in [1.807, 2.05) is 48.5 Å². The fourth-order valence-electron chi connectivity index (χ4n) is 7.15. The van der Waals surface area contributed by atoms with Crippen LogP contribution in [0.25, 0.3) is 22.3 Å². The van der Waals surface area contributed by atoms with E-state index in [0.29, 0.717) is 56.3 Å². The Labute approximate surface area is 293 Å². The molecule has 51 heavy (non-hydrogen) atoms. The van der Waals surface area contributed by atoms with Crippen LogP contribution in [0.15, 0.2) is 86.9 Å². The van der Waals surface area contributed by atoms with E-state index in [1.54, 1.807) is 44.5 Å². The van der Waals surface area contributed by atoms with Gasteiger partial charge in [0.15, 0.2) is 0 Å². The van der Waals surface area contributed by atoms with Crippen molar-refractivity contribution in [1.82, 2.24) is 14.9 Å². The van der Waals surface area contributed by atoms with E-state index in [1.165, 1.54) is 0 Å². The number of hydrogen-bond acceptors (Lipinski definition) is 11. The molecule has 260 valence electrons. The summed E-state index contributed by atoms with van der Waals surface area (Å²) in [6.07, 6.45) is 0.330. The molecule has 0 spiro atoms. The normalized spacial score (nSPS) is 17.1. The number of aliphatic hydroxyl groups is 1. The molecule has 0 amide bonds. The van der Waals surface area contributed by atoms with Crippen LogP contribution in [0.1, 0.15) is 74.0 Å². The number of esters is 3. The average molecular weight is 689 g/mol. The molecule has 4 aromatic rings. The molecule has 0 bridgehead atoms. The predicted molar refractivity (Wildman–Crippen MR) is 188 cm³/mol. The lowest BCUT2D eigenvalue weighted by molar-refractivity contribution is -0.146. The maximum absolute atomic E-state index is 13.7. The monoisotopic (exact) mass is 688 g/mol. The number of aromatic nitrogens is 2. The number of aliphatic imine (C=N–C) groups is 1. The van der Waals surface area contributed by atoms with E-state index in [4.69, 9.17) is 24.2 Å². The number of cyclic esters (lactones) is 1. The van der Waals surface area contributed by atoms with Gasteiger partial charge in [-0.25, -0.2) is 14.6 Å². The summed E-state index contributed by atoms with van der Waals surface area (Å²) in [4.78, 5) is 62.2. The number of nitrogens with one attached hydrogen (secondary N) is 1. The number of ether oxygens (including phenoxy) is 3. The van der Waals surface area contributed by atoms with Crippen LogP contribution >= 0.6 is 0 Å². The SMILES string of the molecule is CCOC(=O)C1=C(C)NC(C)=C(C(=O)OCC)C1c1cccc(N=Cc2c3c(nc4ccccc24)-c2cc4c(c(=O)n2C3)COC(=O)CC4O)c1. The van der Waals surface area contributed by atoms with E-state index < -0.39 is 29.9 Å². The van der Waals surface area contributed by atoms with Crippen molar-refractivity contribution in [3.63, 3.8) is 0 Å². The maximum Gasteiger partial charge on any atom is 0.336 e. The van der Waals surface area contributed by atoms with Gasteiger partial charge in [-0.15, -0.1) is 0 Å². The molecule has 0 fully saturated rings. The predicted octanol–water partition coefficient (Wildman–Crippen LogP) is 5.02. The number of allylic oxidation sites excluding steroid dienone is 2. The van der Waals surface area contributed by atoms with Crippen molar-refractivity contribution >= 4 is 40.7 Å². The van der Waals surface area contributed by atoms with Gasteiger partial charge in [0.05, 0.1) is 77.5 Å². The first-order valence-electron chi connectivity index (χ1n) is 16.8. The minimum Gasteiger partial charge on any atom is -0.463 e. The van der Waals surface area contributed by atoms with E-state index >= 15 is 0 Å². The van der Waals surface area contributed by atoms with Gasteiger partial charge in [0.2, 0.25) is 0 Å². The molecule has 12 nitrogen and oxygen atoms in total. The fourth-order valence-corrected chi connectivity index (χ4v) is 7.15. The number of dihydropyridines is 1. The Bertz CT molecular complexity index is 2260. The Hall–Kier alpha value is -5.88. The van der Waals surface area contributed by atoms with Crippen molar-refractivity contribution < 1.29 is 33.7 Å². The molecule has 3 aliphatic rings. The zero-order chi connectivity index (χ0) is 36.0. The van der Waals surface area contributed by atoms with Gasteiger partial charge in [0.25, 0.3) is 5.56 Å². The number of rotatable bonds is 7. The van der Waals surface area contributed by atoms with E-state index in [0.717, 1.165) is 16.5 Å². The summed E-state index contributed by atoms with van der Waals surface area (Å²) in [5, 5.41) is 14.8. The number of carbonyl (C=O) groups is 3. The number of para-hydroxylation sites is 1. The Morgan fingerprint density at radius 3 is 2.41 bits per heavy atom. The van der Waals surface area contributed by atoms with Crippen molar-refractivity contribution in [3.05, 3.63) is 115 Å². The van der Waals surface area contributed by atoms with Gasteiger partial charge in [-0.05, 0) is 63.1 Å². The molecule has 0 aliphatic carbocycles. The number of carbonyl (C=O) groups excluding carboxylic acids is 3. The van der Waals surface area contributed by atoms with Crippen molar-refractivity contribution in [2.45, 2.75) is 59.3 Å². The average Bonchev–Trinajstić information content (AvgIpc) is 3.40. The summed E-state index contributed by atoms with van der Waals surface area (Å²) in [5.41, 5.74) is 6.61. The number of nitrogens with zero attached hydrogens (tertiary/aromatic N) is 3. The van der Waals surface area contributed by atoms with Gasteiger partial charge >= 0.3 is 17.9 Å². The van der Waals surface area contributed by atoms with Gasteiger partial charge in [0.1, 0.15) is 6.61 Å². The third-order valence-corrected chi connectivity index (χ3v) is 9.42. The molecule has 12 heteroatoms. The Balaban J connectivity index is 1.33. The van der Waals surface area contributed by atoms with Crippen LogP contribution < -0.4 is 10.9 Å². The highest BCUT2D eigenvalue weighted by Gasteiger charge is 2.38. The van der Waals surface area contributed by atoms with Crippen molar-refractivity contribution in [1.29, 1.82) is 0 Å². The lowest BCUT2D eigenvalue weighted by Gasteiger charge is -2.30. The highest BCUT2D eigenvalue weighted by Crippen LogP contribution is 2.41. The van der Waals surface area contributed by atoms with Crippen LogP contribution in [-0.4, -0.2) is 52.0 Å². The standard InChI is InChI=1S/C39H36N4O8/c1-5-49-38(47)33-20(3)41-21(4)34(39(48)50-6-2)35(33)22-10-9-11-23(14-22)40-17-26-24-12-7-8-13-29(24)42-36-27(26)18-43-30(36)15-25-28(37(43)46)19-51-32(45)16-31(25)44/h7-15,17,31,35,41,44H,5-6,16,18-19H2,1-4H3. The van der Waals surface area contributed by atoms with Gasteiger partial charge in [-0.3, -0.25) is 14.6 Å².